The van der Waals surface area contributed by atoms with Crippen molar-refractivity contribution in [2.75, 3.05) is 5.32 Å². The van der Waals surface area contributed by atoms with Crippen molar-refractivity contribution in [3.05, 3.63) is 27.7 Å². The maximum atomic E-state index is 12.5. The van der Waals surface area contributed by atoms with Crippen LogP contribution in [0.25, 0.3) is 0 Å². The number of hydrogen-bond donors (Lipinski definition) is 1. The van der Waals surface area contributed by atoms with Gasteiger partial charge in [-0.05, 0) is 80.6 Å². The maximum Gasteiger partial charge on any atom is 0.410 e. The van der Waals surface area contributed by atoms with E-state index in [9.17, 15) is 4.79 Å². The highest BCUT2D eigenvalue weighted by Crippen LogP contribution is 2.38. The van der Waals surface area contributed by atoms with Crippen LogP contribution in [0.2, 0.25) is 5.02 Å². The molecule has 132 valence electrons. The van der Waals surface area contributed by atoms with Crippen molar-refractivity contribution in [1.82, 2.24) is 4.90 Å². The summed E-state index contributed by atoms with van der Waals surface area (Å²) < 4.78 is 6.48. The fourth-order valence-corrected chi connectivity index (χ4v) is 4.23. The van der Waals surface area contributed by atoms with Crippen molar-refractivity contribution < 1.29 is 9.53 Å². The molecular weight excluding hydrogens is 392 g/mol. The third-order valence-corrected chi connectivity index (χ3v) is 5.84. The number of nitrogens with one attached hydrogen (secondary N) is 1. The van der Waals surface area contributed by atoms with Gasteiger partial charge in [-0.2, -0.15) is 0 Å². The minimum atomic E-state index is -0.443. The van der Waals surface area contributed by atoms with Crippen LogP contribution >= 0.6 is 27.5 Å². The molecule has 1 amide bonds. The van der Waals surface area contributed by atoms with E-state index in [-0.39, 0.29) is 18.2 Å². The van der Waals surface area contributed by atoms with Crippen molar-refractivity contribution in [2.24, 2.45) is 0 Å². The number of carbonyl (C=O) groups excluding carboxylic acids is 1. The molecule has 2 aliphatic heterocycles. The Hall–Kier alpha value is -0.940. The summed E-state index contributed by atoms with van der Waals surface area (Å²) in [5.74, 6) is 0. The standard InChI is InChI=1S/C18H24BrClN2O2/c1-18(2,3)24-17(23)22-13-5-6-14(22)9-12(8-13)21-11-4-7-16(20)15(19)10-11/h4,7,10,12-14,21H,5-6,8-9H2,1-3H3. The van der Waals surface area contributed by atoms with E-state index in [0.717, 1.165) is 35.8 Å². The van der Waals surface area contributed by atoms with Crippen LogP contribution in [0.5, 0.6) is 0 Å². The minimum Gasteiger partial charge on any atom is -0.444 e. The smallest absolute Gasteiger partial charge is 0.410 e. The Balaban J connectivity index is 1.64. The van der Waals surface area contributed by atoms with Crippen molar-refractivity contribution in [1.29, 1.82) is 0 Å². The molecule has 0 aromatic heterocycles. The number of nitrogens with zero attached hydrogens (tertiary/aromatic N) is 1. The Morgan fingerprint density at radius 3 is 2.46 bits per heavy atom. The molecular formula is C18H24BrClN2O2. The van der Waals surface area contributed by atoms with E-state index < -0.39 is 5.60 Å². The van der Waals surface area contributed by atoms with Crippen LogP contribution in [0.4, 0.5) is 10.5 Å². The molecule has 6 heteroatoms. The third kappa shape index (κ3) is 3.99. The summed E-state index contributed by atoms with van der Waals surface area (Å²) in [6.45, 7) is 5.75. The van der Waals surface area contributed by atoms with Gasteiger partial charge < -0.3 is 15.0 Å². The van der Waals surface area contributed by atoms with E-state index >= 15 is 0 Å². The number of fused-ring (bicyclic) bond motifs is 2. The van der Waals surface area contributed by atoms with Gasteiger partial charge in [0.15, 0.2) is 0 Å². The summed E-state index contributed by atoms with van der Waals surface area (Å²) in [7, 11) is 0. The number of rotatable bonds is 2. The number of carbonyl (C=O) groups is 1. The molecule has 4 nitrogen and oxygen atoms in total. The zero-order chi connectivity index (χ0) is 17.5. The lowest BCUT2D eigenvalue weighted by Crippen LogP contribution is -2.51. The Bertz CT molecular complexity index is 618. The Kier molecular flexibility index (Phi) is 5.03. The van der Waals surface area contributed by atoms with E-state index in [1.807, 2.05) is 43.9 Å². The number of amides is 1. The zero-order valence-electron chi connectivity index (χ0n) is 14.3. The first-order chi connectivity index (χ1) is 11.2. The molecule has 24 heavy (non-hydrogen) atoms. The van der Waals surface area contributed by atoms with Crippen LogP contribution in [0, 0.1) is 0 Å². The quantitative estimate of drug-likeness (QED) is 0.699. The molecule has 2 atom stereocenters. The largest absolute Gasteiger partial charge is 0.444 e. The van der Waals surface area contributed by atoms with Crippen LogP contribution in [0.1, 0.15) is 46.5 Å². The fourth-order valence-electron chi connectivity index (χ4n) is 3.73. The van der Waals surface area contributed by atoms with Crippen LogP contribution in [0.15, 0.2) is 22.7 Å². The van der Waals surface area contributed by atoms with Gasteiger partial charge >= 0.3 is 6.09 Å². The summed E-state index contributed by atoms with van der Waals surface area (Å²) in [5.41, 5.74) is 0.614. The Labute approximate surface area is 157 Å². The number of halogens is 2. The lowest BCUT2D eigenvalue weighted by Gasteiger charge is -2.40. The summed E-state index contributed by atoms with van der Waals surface area (Å²) in [6.07, 6.45) is 3.87. The summed E-state index contributed by atoms with van der Waals surface area (Å²) in [5, 5.41) is 4.30. The van der Waals surface area contributed by atoms with Gasteiger partial charge in [-0.15, -0.1) is 0 Å². The molecule has 2 heterocycles. The molecule has 0 radical (unpaired) electrons. The zero-order valence-corrected chi connectivity index (χ0v) is 16.7. The number of anilines is 1. The lowest BCUT2D eigenvalue weighted by atomic mass is 9.97. The van der Waals surface area contributed by atoms with Gasteiger partial charge in [-0.1, -0.05) is 11.6 Å². The van der Waals surface area contributed by atoms with Gasteiger partial charge in [-0.3, -0.25) is 0 Å². The molecule has 2 saturated heterocycles. The van der Waals surface area contributed by atoms with Crippen LogP contribution in [-0.4, -0.2) is 34.7 Å². The molecule has 0 aliphatic carbocycles. The van der Waals surface area contributed by atoms with Gasteiger partial charge in [0, 0.05) is 28.3 Å². The molecule has 1 aromatic carbocycles. The number of ether oxygens (including phenoxy) is 1. The first-order valence-electron chi connectivity index (χ1n) is 8.46. The minimum absolute atomic E-state index is 0.164. The molecule has 2 aliphatic rings. The van der Waals surface area contributed by atoms with Gasteiger partial charge in [0.05, 0.1) is 5.02 Å². The van der Waals surface area contributed by atoms with Crippen molar-refractivity contribution in [3.8, 4) is 0 Å². The second-order valence-corrected chi connectivity index (χ2v) is 8.98. The van der Waals surface area contributed by atoms with E-state index in [4.69, 9.17) is 16.3 Å². The van der Waals surface area contributed by atoms with Crippen molar-refractivity contribution in [2.45, 2.75) is 70.2 Å². The van der Waals surface area contributed by atoms with E-state index in [0.29, 0.717) is 11.1 Å². The highest BCUT2D eigenvalue weighted by Gasteiger charge is 2.44. The molecule has 0 spiro atoms. The van der Waals surface area contributed by atoms with E-state index in [1.165, 1.54) is 0 Å². The predicted molar refractivity (Wildman–Crippen MR) is 101 cm³/mol. The maximum absolute atomic E-state index is 12.5. The monoisotopic (exact) mass is 414 g/mol. The van der Waals surface area contributed by atoms with Gasteiger partial charge in [0.25, 0.3) is 0 Å². The molecule has 2 unspecified atom stereocenters. The predicted octanol–water partition coefficient (Wildman–Crippen LogP) is 5.44. The molecule has 1 aromatic rings. The SMILES string of the molecule is CC(C)(C)OC(=O)N1C2CCC1CC(Nc1ccc(Cl)c(Br)c1)C2. The molecule has 3 rings (SSSR count). The third-order valence-electron chi connectivity index (χ3n) is 4.63. The van der Waals surface area contributed by atoms with Crippen LogP contribution in [0.3, 0.4) is 0 Å². The van der Waals surface area contributed by atoms with E-state index in [2.05, 4.69) is 21.2 Å². The van der Waals surface area contributed by atoms with Crippen molar-refractivity contribution in [3.63, 3.8) is 0 Å². The number of piperidine rings is 1. The molecule has 1 N–H and O–H groups in total. The Morgan fingerprint density at radius 2 is 1.92 bits per heavy atom. The topological polar surface area (TPSA) is 41.6 Å². The second kappa shape index (κ2) is 6.75. The summed E-state index contributed by atoms with van der Waals surface area (Å²) >= 11 is 9.52. The highest BCUT2D eigenvalue weighted by molar-refractivity contribution is 9.10. The summed E-state index contributed by atoms with van der Waals surface area (Å²) in [4.78, 5) is 14.5. The van der Waals surface area contributed by atoms with E-state index in [1.54, 1.807) is 0 Å². The van der Waals surface area contributed by atoms with Gasteiger partial charge in [0.2, 0.25) is 0 Å². The fraction of sp³-hybridized carbons (Fsp3) is 0.611. The average Bonchev–Trinajstić information content (AvgIpc) is 2.73. The number of benzene rings is 1. The van der Waals surface area contributed by atoms with Crippen LogP contribution < -0.4 is 5.32 Å². The van der Waals surface area contributed by atoms with Crippen LogP contribution in [-0.2, 0) is 4.74 Å². The first-order valence-corrected chi connectivity index (χ1v) is 9.63. The Morgan fingerprint density at radius 1 is 1.29 bits per heavy atom. The average molecular weight is 416 g/mol. The molecule has 2 fully saturated rings. The number of hydrogen-bond acceptors (Lipinski definition) is 3. The summed E-state index contributed by atoms with van der Waals surface area (Å²) in [6, 6.07) is 6.80. The second-order valence-electron chi connectivity index (χ2n) is 7.71. The van der Waals surface area contributed by atoms with Gasteiger partial charge in [-0.25, -0.2) is 4.79 Å². The highest BCUT2D eigenvalue weighted by atomic mass is 79.9. The van der Waals surface area contributed by atoms with Crippen molar-refractivity contribution >= 4 is 39.3 Å². The first kappa shape index (κ1) is 17.9. The van der Waals surface area contributed by atoms with Gasteiger partial charge in [0.1, 0.15) is 5.60 Å². The molecule has 0 saturated carbocycles. The lowest BCUT2D eigenvalue weighted by molar-refractivity contribution is 0.00684. The normalized spacial score (nSPS) is 26.4. The molecule has 2 bridgehead atoms.